The monoisotopic (exact) mass is 320 g/mol. The second-order valence-electron chi connectivity index (χ2n) is 7.11. The molecule has 6 nitrogen and oxygen atoms in total. The molecule has 6 heteroatoms. The van der Waals surface area contributed by atoms with Crippen molar-refractivity contribution in [2.24, 2.45) is 13.0 Å². The van der Waals surface area contributed by atoms with Crippen LogP contribution in [0.4, 0.5) is 0 Å². The fraction of sp³-hybridized carbons (Fsp3) is 0.824. The molecule has 23 heavy (non-hydrogen) atoms. The summed E-state index contributed by atoms with van der Waals surface area (Å²) in [6, 6.07) is 0.167. The predicted molar refractivity (Wildman–Crippen MR) is 88.1 cm³/mol. The van der Waals surface area contributed by atoms with Crippen LogP contribution in [-0.4, -0.2) is 26.3 Å². The lowest BCUT2D eigenvalue weighted by atomic mass is 9.86. The summed E-state index contributed by atoms with van der Waals surface area (Å²) in [6.45, 7) is 0.648. The first-order valence-corrected chi connectivity index (χ1v) is 9.05. The zero-order chi connectivity index (χ0) is 16.2. The summed E-state index contributed by atoms with van der Waals surface area (Å²) in [7, 11) is 1.69. The normalized spacial score (nSPS) is 22.4. The Labute approximate surface area is 137 Å². The molecule has 1 amide bonds. The first-order chi connectivity index (χ1) is 11.1. The Bertz CT molecular complexity index is 598. The van der Waals surface area contributed by atoms with E-state index in [1.165, 1.54) is 36.8 Å². The second-order valence-corrected chi connectivity index (χ2v) is 7.11. The highest BCUT2D eigenvalue weighted by atomic mass is 16.2. The van der Waals surface area contributed by atoms with Crippen molar-refractivity contribution in [1.29, 1.82) is 0 Å². The minimum atomic E-state index is -0.0516. The maximum absolute atomic E-state index is 12.2. The van der Waals surface area contributed by atoms with Crippen LogP contribution in [0.2, 0.25) is 0 Å². The fourth-order valence-electron chi connectivity index (χ4n) is 3.95. The molecule has 0 spiro atoms. The van der Waals surface area contributed by atoms with Crippen LogP contribution in [0.1, 0.15) is 63.6 Å². The average molecular weight is 320 g/mol. The Balaban J connectivity index is 1.45. The molecule has 128 valence electrons. The Kier molecular flexibility index (Phi) is 5.18. The van der Waals surface area contributed by atoms with E-state index in [0.29, 0.717) is 13.0 Å². The second kappa shape index (κ2) is 7.32. The van der Waals surface area contributed by atoms with Crippen LogP contribution in [-0.2, 0) is 24.8 Å². The van der Waals surface area contributed by atoms with Crippen molar-refractivity contribution in [2.75, 3.05) is 0 Å². The molecule has 1 aliphatic carbocycles. The highest BCUT2D eigenvalue weighted by Crippen LogP contribution is 2.27. The maximum Gasteiger partial charge on any atom is 0.345 e. The summed E-state index contributed by atoms with van der Waals surface area (Å²) in [5.74, 6) is 1.76. The SMILES string of the molecule is Cn1nc2n(c1=O)CCC(NC(=O)CCC1CCCCC1)CC2. The predicted octanol–water partition coefficient (Wildman–Crippen LogP) is 1.76. The van der Waals surface area contributed by atoms with E-state index in [1.807, 2.05) is 0 Å². The van der Waals surface area contributed by atoms with Gasteiger partial charge in [0.05, 0.1) is 0 Å². The molecule has 1 N–H and O–H groups in total. The topological polar surface area (TPSA) is 68.9 Å². The van der Waals surface area contributed by atoms with Gasteiger partial charge in [-0.05, 0) is 25.2 Å². The molecule has 3 rings (SSSR count). The number of aryl methyl sites for hydroxylation is 2. The van der Waals surface area contributed by atoms with Gasteiger partial charge in [0.2, 0.25) is 5.91 Å². The van der Waals surface area contributed by atoms with Crippen LogP contribution in [0.3, 0.4) is 0 Å². The summed E-state index contributed by atoms with van der Waals surface area (Å²) in [4.78, 5) is 24.1. The Hall–Kier alpha value is -1.59. The third-order valence-corrected chi connectivity index (χ3v) is 5.37. The zero-order valence-electron chi connectivity index (χ0n) is 14.1. The highest BCUT2D eigenvalue weighted by Gasteiger charge is 2.22. The molecule has 1 aromatic rings. The van der Waals surface area contributed by atoms with Crippen molar-refractivity contribution in [3.05, 3.63) is 16.3 Å². The fourth-order valence-corrected chi connectivity index (χ4v) is 3.95. The lowest BCUT2D eigenvalue weighted by Crippen LogP contribution is -2.35. The number of nitrogens with one attached hydrogen (secondary N) is 1. The number of nitrogens with zero attached hydrogens (tertiary/aromatic N) is 3. The van der Waals surface area contributed by atoms with Crippen LogP contribution >= 0.6 is 0 Å². The van der Waals surface area contributed by atoms with Crippen LogP contribution in [0.25, 0.3) is 0 Å². The summed E-state index contributed by atoms with van der Waals surface area (Å²) >= 11 is 0. The van der Waals surface area contributed by atoms with Gasteiger partial charge in [-0.1, -0.05) is 32.1 Å². The van der Waals surface area contributed by atoms with E-state index in [0.717, 1.165) is 37.4 Å². The Morgan fingerprint density at radius 3 is 2.78 bits per heavy atom. The molecule has 1 fully saturated rings. The van der Waals surface area contributed by atoms with Gasteiger partial charge in [0, 0.05) is 32.5 Å². The molecule has 1 atom stereocenters. The first kappa shape index (κ1) is 16.3. The molecule has 2 heterocycles. The lowest BCUT2D eigenvalue weighted by molar-refractivity contribution is -0.122. The number of hydrogen-bond acceptors (Lipinski definition) is 3. The van der Waals surface area contributed by atoms with Gasteiger partial charge in [-0.25, -0.2) is 9.48 Å². The standard InChI is InChI=1S/C17H28N4O2/c1-20-17(23)21-12-11-14(8-9-15(21)19-20)18-16(22)10-7-13-5-3-2-4-6-13/h13-14H,2-12H2,1H3,(H,18,22). The van der Waals surface area contributed by atoms with Gasteiger partial charge in [-0.15, -0.1) is 0 Å². The maximum atomic E-state index is 12.2. The van der Waals surface area contributed by atoms with Crippen LogP contribution in [0.5, 0.6) is 0 Å². The van der Waals surface area contributed by atoms with Gasteiger partial charge >= 0.3 is 5.69 Å². The zero-order valence-corrected chi connectivity index (χ0v) is 14.1. The molecule has 0 radical (unpaired) electrons. The van der Waals surface area contributed by atoms with E-state index in [9.17, 15) is 9.59 Å². The molecule has 2 aliphatic rings. The minimum absolute atomic E-state index is 0.0516. The molecule has 0 bridgehead atoms. The van der Waals surface area contributed by atoms with Gasteiger partial charge in [0.25, 0.3) is 0 Å². The van der Waals surface area contributed by atoms with E-state index >= 15 is 0 Å². The third kappa shape index (κ3) is 4.03. The molecule has 0 saturated heterocycles. The van der Waals surface area contributed by atoms with E-state index in [1.54, 1.807) is 11.6 Å². The molecule has 1 unspecified atom stereocenters. The lowest BCUT2D eigenvalue weighted by Gasteiger charge is -2.22. The quantitative estimate of drug-likeness (QED) is 0.919. The number of fused-ring (bicyclic) bond motifs is 1. The molecular weight excluding hydrogens is 292 g/mol. The molecular formula is C17H28N4O2. The number of rotatable bonds is 4. The van der Waals surface area contributed by atoms with Gasteiger partial charge in [0.1, 0.15) is 5.82 Å². The third-order valence-electron chi connectivity index (χ3n) is 5.37. The van der Waals surface area contributed by atoms with Crippen molar-refractivity contribution in [1.82, 2.24) is 19.7 Å². The molecule has 1 saturated carbocycles. The van der Waals surface area contributed by atoms with E-state index < -0.39 is 0 Å². The van der Waals surface area contributed by atoms with Crippen molar-refractivity contribution in [3.63, 3.8) is 0 Å². The minimum Gasteiger partial charge on any atom is -0.353 e. The molecule has 1 aromatic heterocycles. The Morgan fingerprint density at radius 2 is 2.00 bits per heavy atom. The van der Waals surface area contributed by atoms with Crippen LogP contribution in [0.15, 0.2) is 4.79 Å². The van der Waals surface area contributed by atoms with Crippen molar-refractivity contribution < 1.29 is 4.79 Å². The summed E-state index contributed by atoms with van der Waals surface area (Å²) in [5.41, 5.74) is -0.0516. The molecule has 1 aliphatic heterocycles. The summed E-state index contributed by atoms with van der Waals surface area (Å²) in [6.07, 6.45) is 10.7. The smallest absolute Gasteiger partial charge is 0.345 e. The van der Waals surface area contributed by atoms with E-state index in [2.05, 4.69) is 10.4 Å². The highest BCUT2D eigenvalue weighted by molar-refractivity contribution is 5.76. The first-order valence-electron chi connectivity index (χ1n) is 9.05. The van der Waals surface area contributed by atoms with Crippen LogP contribution < -0.4 is 11.0 Å². The number of amides is 1. The average Bonchev–Trinajstić information content (AvgIpc) is 2.72. The Morgan fingerprint density at radius 1 is 1.22 bits per heavy atom. The van der Waals surface area contributed by atoms with Crippen molar-refractivity contribution in [2.45, 2.75) is 76.8 Å². The van der Waals surface area contributed by atoms with Gasteiger partial charge < -0.3 is 5.32 Å². The van der Waals surface area contributed by atoms with E-state index in [-0.39, 0.29) is 17.6 Å². The van der Waals surface area contributed by atoms with Gasteiger partial charge in [-0.3, -0.25) is 9.36 Å². The largest absolute Gasteiger partial charge is 0.353 e. The van der Waals surface area contributed by atoms with Crippen molar-refractivity contribution in [3.8, 4) is 0 Å². The van der Waals surface area contributed by atoms with Crippen molar-refractivity contribution >= 4 is 5.91 Å². The number of aromatic nitrogens is 3. The molecule has 0 aromatic carbocycles. The number of carbonyl (C=O) groups excluding carboxylic acids is 1. The van der Waals surface area contributed by atoms with Crippen LogP contribution in [0, 0.1) is 5.92 Å². The van der Waals surface area contributed by atoms with Gasteiger partial charge in [-0.2, -0.15) is 5.10 Å². The number of carbonyl (C=O) groups is 1. The number of hydrogen-bond donors (Lipinski definition) is 1. The summed E-state index contributed by atoms with van der Waals surface area (Å²) in [5, 5.41) is 7.44. The van der Waals surface area contributed by atoms with E-state index in [4.69, 9.17) is 0 Å². The van der Waals surface area contributed by atoms with Gasteiger partial charge in [0.15, 0.2) is 0 Å². The summed E-state index contributed by atoms with van der Waals surface area (Å²) < 4.78 is 3.15.